The fourth-order valence-corrected chi connectivity index (χ4v) is 3.29. The normalized spacial score (nSPS) is 15.5. The van der Waals surface area contributed by atoms with Gasteiger partial charge >= 0.3 is 5.97 Å². The van der Waals surface area contributed by atoms with Crippen molar-refractivity contribution < 1.29 is 23.9 Å². The molecule has 0 radical (unpaired) electrons. The van der Waals surface area contributed by atoms with Crippen LogP contribution in [-0.2, 0) is 14.3 Å². The van der Waals surface area contributed by atoms with E-state index in [0.29, 0.717) is 11.3 Å². The highest BCUT2D eigenvalue weighted by molar-refractivity contribution is 9.10. The van der Waals surface area contributed by atoms with E-state index in [4.69, 9.17) is 14.7 Å². The quantitative estimate of drug-likeness (QED) is 0.496. The van der Waals surface area contributed by atoms with Gasteiger partial charge < -0.3 is 9.47 Å². The molecule has 2 amide bonds. The Hall–Kier alpha value is -2.31. The molecule has 1 aliphatic rings. The van der Waals surface area contributed by atoms with Crippen molar-refractivity contribution in [3.63, 3.8) is 0 Å². The van der Waals surface area contributed by atoms with E-state index in [-0.39, 0.29) is 17.6 Å². The third kappa shape index (κ3) is 5.09. The first-order valence-electron chi connectivity index (χ1n) is 7.56. The lowest BCUT2D eigenvalue weighted by molar-refractivity contribution is -0.149. The number of carbonyl (C=O) groups is 3. The van der Waals surface area contributed by atoms with Crippen molar-refractivity contribution in [3.8, 4) is 11.8 Å². The van der Waals surface area contributed by atoms with Crippen molar-refractivity contribution in [1.82, 2.24) is 4.90 Å². The van der Waals surface area contributed by atoms with Gasteiger partial charge in [0.15, 0.2) is 6.61 Å². The second kappa shape index (κ2) is 8.87. The summed E-state index contributed by atoms with van der Waals surface area (Å²) >= 11 is 4.06. The zero-order valence-electron chi connectivity index (χ0n) is 14.0. The molecule has 1 heterocycles. The number of thioether (sulfide) groups is 1. The fraction of sp³-hybridized carbons (Fsp3) is 0.294. The Bertz CT molecular complexity index is 816. The highest BCUT2D eigenvalue weighted by Crippen LogP contribution is 2.34. The lowest BCUT2D eigenvalue weighted by atomic mass is 10.2. The van der Waals surface area contributed by atoms with E-state index in [9.17, 15) is 14.4 Å². The standard InChI is InChI=1S/C17H15BrN2O5S/c1-10(2)25-15(21)9-20-16(22)14(26-17(20)23)8-11-7-12(18)3-4-13(11)24-6-5-19/h3-4,7-8,10H,6,9H2,1-2H3/b14-8-. The molecule has 0 aliphatic carbocycles. The average molecular weight is 439 g/mol. The van der Waals surface area contributed by atoms with Crippen LogP contribution >= 0.6 is 27.7 Å². The highest BCUT2D eigenvalue weighted by Gasteiger charge is 2.37. The van der Waals surface area contributed by atoms with Gasteiger partial charge in [-0.1, -0.05) is 15.9 Å². The molecule has 136 valence electrons. The van der Waals surface area contributed by atoms with Gasteiger partial charge in [0, 0.05) is 10.0 Å². The van der Waals surface area contributed by atoms with E-state index >= 15 is 0 Å². The van der Waals surface area contributed by atoms with Gasteiger partial charge in [-0.05, 0) is 49.9 Å². The van der Waals surface area contributed by atoms with E-state index in [0.717, 1.165) is 21.1 Å². The van der Waals surface area contributed by atoms with E-state index in [2.05, 4.69) is 15.9 Å². The maximum Gasteiger partial charge on any atom is 0.326 e. The lowest BCUT2D eigenvalue weighted by Gasteiger charge is -2.13. The van der Waals surface area contributed by atoms with E-state index in [1.54, 1.807) is 32.0 Å². The molecule has 0 bridgehead atoms. The molecule has 0 saturated carbocycles. The number of rotatable bonds is 6. The van der Waals surface area contributed by atoms with Crippen LogP contribution in [-0.4, -0.2) is 41.3 Å². The monoisotopic (exact) mass is 438 g/mol. The molecular formula is C17H15BrN2O5S. The number of halogens is 1. The number of amides is 2. The first-order chi connectivity index (χ1) is 12.3. The number of carbonyl (C=O) groups excluding carboxylic acids is 3. The summed E-state index contributed by atoms with van der Waals surface area (Å²) in [5.74, 6) is -0.822. The number of esters is 1. The predicted molar refractivity (Wildman–Crippen MR) is 99.2 cm³/mol. The molecule has 0 unspecified atom stereocenters. The summed E-state index contributed by atoms with van der Waals surface area (Å²) in [4.78, 5) is 37.3. The molecule has 1 saturated heterocycles. The highest BCUT2D eigenvalue weighted by atomic mass is 79.9. The number of nitrogens with zero attached hydrogens (tertiary/aromatic N) is 2. The molecule has 1 fully saturated rings. The van der Waals surface area contributed by atoms with Gasteiger partial charge in [-0.15, -0.1) is 0 Å². The first-order valence-corrected chi connectivity index (χ1v) is 9.17. The van der Waals surface area contributed by atoms with Gasteiger partial charge in [0.05, 0.1) is 11.0 Å². The van der Waals surface area contributed by atoms with Crippen molar-refractivity contribution in [2.24, 2.45) is 0 Å². The summed E-state index contributed by atoms with van der Waals surface area (Å²) in [6, 6.07) is 6.96. The molecular weight excluding hydrogens is 424 g/mol. The van der Waals surface area contributed by atoms with Gasteiger partial charge in [-0.3, -0.25) is 19.3 Å². The maximum atomic E-state index is 12.5. The minimum atomic E-state index is -0.649. The zero-order valence-corrected chi connectivity index (χ0v) is 16.4. The second-order valence-corrected chi connectivity index (χ2v) is 7.34. The van der Waals surface area contributed by atoms with Crippen molar-refractivity contribution in [2.45, 2.75) is 20.0 Å². The first kappa shape index (κ1) is 20.0. The smallest absolute Gasteiger partial charge is 0.326 e. The van der Waals surface area contributed by atoms with E-state index in [1.807, 2.05) is 6.07 Å². The second-order valence-electron chi connectivity index (χ2n) is 5.44. The Morgan fingerprint density at radius 3 is 2.81 bits per heavy atom. The Balaban J connectivity index is 2.23. The van der Waals surface area contributed by atoms with Crippen LogP contribution in [0, 0.1) is 11.3 Å². The SMILES string of the molecule is CC(C)OC(=O)CN1C(=O)S/C(=C\c2cc(Br)ccc2OCC#N)C1=O. The van der Waals surface area contributed by atoms with Gasteiger partial charge in [0.2, 0.25) is 0 Å². The fourth-order valence-electron chi connectivity index (χ4n) is 2.08. The van der Waals surface area contributed by atoms with E-state index < -0.39 is 23.7 Å². The molecule has 26 heavy (non-hydrogen) atoms. The van der Waals surface area contributed by atoms with Crippen molar-refractivity contribution in [1.29, 1.82) is 5.26 Å². The number of benzene rings is 1. The van der Waals surface area contributed by atoms with Crippen molar-refractivity contribution in [2.75, 3.05) is 13.2 Å². The predicted octanol–water partition coefficient (Wildman–Crippen LogP) is 3.34. The number of imide groups is 1. The lowest BCUT2D eigenvalue weighted by Crippen LogP contribution is -2.35. The topological polar surface area (TPSA) is 96.7 Å². The van der Waals surface area contributed by atoms with E-state index in [1.165, 1.54) is 6.08 Å². The summed E-state index contributed by atoms with van der Waals surface area (Å²) in [6.07, 6.45) is 1.16. The Labute approximate surface area is 163 Å². The van der Waals surface area contributed by atoms with Crippen LogP contribution in [0.25, 0.3) is 6.08 Å². The Morgan fingerprint density at radius 1 is 1.42 bits per heavy atom. The minimum Gasteiger partial charge on any atom is -0.478 e. The number of nitriles is 1. The minimum absolute atomic E-state index is 0.148. The third-order valence-corrected chi connectivity index (χ3v) is 4.48. The zero-order chi connectivity index (χ0) is 19.3. The molecule has 9 heteroatoms. The van der Waals surface area contributed by atoms with Crippen LogP contribution < -0.4 is 4.74 Å². The summed E-state index contributed by atoms with van der Waals surface area (Å²) in [5, 5.41) is 8.12. The summed E-state index contributed by atoms with van der Waals surface area (Å²) < 4.78 is 11.0. The van der Waals surface area contributed by atoms with Gasteiger partial charge in [0.25, 0.3) is 11.1 Å². The molecule has 1 aliphatic heterocycles. The largest absolute Gasteiger partial charge is 0.478 e. The van der Waals surface area contributed by atoms with Crippen molar-refractivity contribution in [3.05, 3.63) is 33.1 Å². The van der Waals surface area contributed by atoms with Crippen molar-refractivity contribution >= 4 is 50.9 Å². The summed E-state index contributed by atoms with van der Waals surface area (Å²) in [6.45, 7) is 2.78. The van der Waals surface area contributed by atoms with Crippen LogP contribution in [0.2, 0.25) is 0 Å². The maximum absolute atomic E-state index is 12.5. The Kier molecular flexibility index (Phi) is 6.83. The van der Waals surface area contributed by atoms with Crippen LogP contribution in [0.1, 0.15) is 19.4 Å². The molecule has 0 atom stereocenters. The van der Waals surface area contributed by atoms with Gasteiger partial charge in [0.1, 0.15) is 18.4 Å². The third-order valence-electron chi connectivity index (χ3n) is 3.08. The molecule has 1 aromatic rings. The molecule has 0 N–H and O–H groups in total. The van der Waals surface area contributed by atoms with Crippen LogP contribution in [0.3, 0.4) is 0 Å². The average Bonchev–Trinajstić information content (AvgIpc) is 2.81. The molecule has 0 spiro atoms. The summed E-state index contributed by atoms with van der Waals surface area (Å²) in [7, 11) is 0. The van der Waals surface area contributed by atoms with Gasteiger partial charge in [-0.25, -0.2) is 0 Å². The molecule has 0 aromatic heterocycles. The molecule has 2 rings (SSSR count). The number of ether oxygens (including phenoxy) is 2. The van der Waals surface area contributed by atoms with Gasteiger partial charge in [-0.2, -0.15) is 5.26 Å². The Morgan fingerprint density at radius 2 is 2.15 bits per heavy atom. The molecule has 7 nitrogen and oxygen atoms in total. The van der Waals surface area contributed by atoms with Crippen LogP contribution in [0.5, 0.6) is 5.75 Å². The number of hydrogen-bond donors (Lipinski definition) is 0. The number of hydrogen-bond acceptors (Lipinski definition) is 7. The van der Waals surface area contributed by atoms with Crippen LogP contribution in [0.4, 0.5) is 4.79 Å². The molecule has 1 aromatic carbocycles. The summed E-state index contributed by atoms with van der Waals surface area (Å²) in [5.41, 5.74) is 0.532. The van der Waals surface area contributed by atoms with Crippen LogP contribution in [0.15, 0.2) is 27.6 Å².